The minimum Gasteiger partial charge on any atom is -0.382 e. The number of benzene rings is 1. The fraction of sp³-hybridized carbons (Fsp3) is 0.667. The maximum absolute atomic E-state index is 3.80. The van der Waals surface area contributed by atoms with Gasteiger partial charge in [-0.05, 0) is 41.9 Å². The first-order valence-corrected chi connectivity index (χ1v) is 7.98. The summed E-state index contributed by atoms with van der Waals surface area (Å²) in [6, 6.07) is 7.69. The Bertz CT molecular complexity index is 400. The second kappa shape index (κ2) is 6.45. The van der Waals surface area contributed by atoms with Gasteiger partial charge in [0, 0.05) is 11.7 Å². The van der Waals surface area contributed by atoms with E-state index >= 15 is 0 Å². The number of hydrogen-bond acceptors (Lipinski definition) is 1. The molecule has 0 bridgehead atoms. The summed E-state index contributed by atoms with van der Waals surface area (Å²) in [7, 11) is 0. The molecule has 1 heteroatoms. The summed E-state index contributed by atoms with van der Waals surface area (Å²) < 4.78 is 0. The summed E-state index contributed by atoms with van der Waals surface area (Å²) >= 11 is 0. The average molecular weight is 259 g/mol. The van der Waals surface area contributed by atoms with E-state index in [1.54, 1.807) is 0 Å². The highest BCUT2D eigenvalue weighted by Crippen LogP contribution is 2.30. The van der Waals surface area contributed by atoms with Crippen LogP contribution >= 0.6 is 0 Å². The van der Waals surface area contributed by atoms with Crippen molar-refractivity contribution >= 4 is 5.69 Å². The Morgan fingerprint density at radius 1 is 0.947 bits per heavy atom. The first-order valence-electron chi connectivity index (χ1n) is 7.98. The Morgan fingerprint density at radius 2 is 1.63 bits per heavy atom. The maximum Gasteiger partial charge on any atom is 0.0377 e. The quantitative estimate of drug-likeness (QED) is 0.733. The molecule has 1 aromatic rings. The summed E-state index contributed by atoms with van der Waals surface area (Å²) in [5.41, 5.74) is 4.31. The Labute approximate surface area is 118 Å². The molecule has 0 saturated heterocycles. The van der Waals surface area contributed by atoms with Gasteiger partial charge in [0.15, 0.2) is 0 Å². The van der Waals surface area contributed by atoms with Crippen LogP contribution in [-0.4, -0.2) is 6.04 Å². The number of nitrogens with one attached hydrogen (secondary N) is 1. The molecule has 1 nitrogen and oxygen atoms in total. The van der Waals surface area contributed by atoms with Gasteiger partial charge in [-0.3, -0.25) is 0 Å². The number of hydrogen-bond donors (Lipinski definition) is 1. The van der Waals surface area contributed by atoms with E-state index in [2.05, 4.69) is 51.2 Å². The molecule has 0 unspecified atom stereocenters. The number of rotatable bonds is 4. The maximum atomic E-state index is 3.80. The van der Waals surface area contributed by atoms with Crippen molar-refractivity contribution in [1.29, 1.82) is 0 Å². The fourth-order valence-corrected chi connectivity index (χ4v) is 3.02. The fourth-order valence-electron chi connectivity index (χ4n) is 3.02. The molecular formula is C18H29N. The zero-order valence-corrected chi connectivity index (χ0v) is 13.0. The van der Waals surface area contributed by atoms with Crippen LogP contribution < -0.4 is 5.32 Å². The van der Waals surface area contributed by atoms with E-state index in [0.717, 1.165) is 0 Å². The lowest BCUT2D eigenvalue weighted by molar-refractivity contribution is 0.462. The van der Waals surface area contributed by atoms with E-state index in [0.29, 0.717) is 17.9 Å². The third-order valence-electron chi connectivity index (χ3n) is 4.33. The Kier molecular flexibility index (Phi) is 4.90. The Hall–Kier alpha value is -0.980. The lowest BCUT2D eigenvalue weighted by atomic mass is 9.92. The predicted octanol–water partition coefficient (Wildman–Crippen LogP) is 5.68. The van der Waals surface area contributed by atoms with Gasteiger partial charge in [0.05, 0.1) is 0 Å². The van der Waals surface area contributed by atoms with E-state index in [9.17, 15) is 0 Å². The van der Waals surface area contributed by atoms with Crippen LogP contribution in [0.15, 0.2) is 18.2 Å². The molecule has 0 heterocycles. The molecule has 0 atom stereocenters. The SMILES string of the molecule is CC(C)c1ccc(NC2CCCCC2)c(C(C)C)c1. The monoisotopic (exact) mass is 259 g/mol. The lowest BCUT2D eigenvalue weighted by Crippen LogP contribution is -2.23. The largest absolute Gasteiger partial charge is 0.382 e. The van der Waals surface area contributed by atoms with Crippen molar-refractivity contribution in [3.05, 3.63) is 29.3 Å². The van der Waals surface area contributed by atoms with E-state index in [-0.39, 0.29) is 0 Å². The molecule has 2 rings (SSSR count). The van der Waals surface area contributed by atoms with Gasteiger partial charge >= 0.3 is 0 Å². The van der Waals surface area contributed by atoms with Crippen LogP contribution in [0.3, 0.4) is 0 Å². The lowest BCUT2D eigenvalue weighted by Gasteiger charge is -2.26. The van der Waals surface area contributed by atoms with Gasteiger partial charge < -0.3 is 5.32 Å². The van der Waals surface area contributed by atoms with Crippen LogP contribution in [0.2, 0.25) is 0 Å². The zero-order valence-electron chi connectivity index (χ0n) is 13.0. The van der Waals surface area contributed by atoms with Gasteiger partial charge in [0.1, 0.15) is 0 Å². The minimum atomic E-state index is 0.588. The van der Waals surface area contributed by atoms with Crippen LogP contribution in [0, 0.1) is 0 Å². The van der Waals surface area contributed by atoms with Crippen molar-refractivity contribution in [2.75, 3.05) is 5.32 Å². The predicted molar refractivity (Wildman–Crippen MR) is 85.1 cm³/mol. The molecule has 0 aliphatic heterocycles. The van der Waals surface area contributed by atoms with Crippen molar-refractivity contribution in [2.45, 2.75) is 77.7 Å². The summed E-state index contributed by atoms with van der Waals surface area (Å²) in [4.78, 5) is 0. The van der Waals surface area contributed by atoms with Crippen LogP contribution in [0.1, 0.15) is 82.8 Å². The molecule has 0 spiro atoms. The van der Waals surface area contributed by atoms with Crippen LogP contribution in [0.4, 0.5) is 5.69 Å². The van der Waals surface area contributed by atoms with Crippen molar-refractivity contribution in [3.8, 4) is 0 Å². The van der Waals surface area contributed by atoms with Gasteiger partial charge in [-0.15, -0.1) is 0 Å². The molecule has 1 aliphatic carbocycles. The van der Waals surface area contributed by atoms with Crippen LogP contribution in [0.5, 0.6) is 0 Å². The molecule has 19 heavy (non-hydrogen) atoms. The van der Waals surface area contributed by atoms with Gasteiger partial charge in [0.25, 0.3) is 0 Å². The Balaban J connectivity index is 2.18. The van der Waals surface area contributed by atoms with Crippen molar-refractivity contribution < 1.29 is 0 Å². The molecule has 106 valence electrons. The first-order chi connectivity index (χ1) is 9.08. The summed E-state index contributed by atoms with van der Waals surface area (Å²) in [6.45, 7) is 9.14. The zero-order chi connectivity index (χ0) is 13.8. The summed E-state index contributed by atoms with van der Waals surface area (Å²) in [5, 5.41) is 3.80. The third-order valence-corrected chi connectivity index (χ3v) is 4.33. The normalized spacial score (nSPS) is 17.2. The molecule has 1 N–H and O–H groups in total. The molecule has 1 aliphatic rings. The first kappa shape index (κ1) is 14.4. The molecule has 0 radical (unpaired) electrons. The number of anilines is 1. The van der Waals surface area contributed by atoms with E-state index in [1.165, 1.54) is 48.9 Å². The molecule has 1 aromatic carbocycles. The highest BCUT2D eigenvalue weighted by atomic mass is 14.9. The van der Waals surface area contributed by atoms with Crippen molar-refractivity contribution in [2.24, 2.45) is 0 Å². The summed E-state index contributed by atoms with van der Waals surface area (Å²) in [6.07, 6.45) is 6.87. The highest BCUT2D eigenvalue weighted by molar-refractivity contribution is 5.55. The molecule has 1 fully saturated rings. The second-order valence-electron chi connectivity index (χ2n) is 6.64. The van der Waals surface area contributed by atoms with Crippen LogP contribution in [0.25, 0.3) is 0 Å². The molecular weight excluding hydrogens is 230 g/mol. The standard InChI is InChI=1S/C18H29N/c1-13(2)15-10-11-18(17(12-15)14(3)4)19-16-8-6-5-7-9-16/h10-14,16,19H,5-9H2,1-4H3. The van der Waals surface area contributed by atoms with Crippen molar-refractivity contribution in [3.63, 3.8) is 0 Å². The molecule has 0 aromatic heterocycles. The van der Waals surface area contributed by atoms with Gasteiger partial charge in [-0.25, -0.2) is 0 Å². The highest BCUT2D eigenvalue weighted by Gasteiger charge is 2.16. The van der Waals surface area contributed by atoms with E-state index < -0.39 is 0 Å². The minimum absolute atomic E-state index is 0.588. The Morgan fingerprint density at radius 3 is 2.21 bits per heavy atom. The topological polar surface area (TPSA) is 12.0 Å². The third kappa shape index (κ3) is 3.75. The van der Waals surface area contributed by atoms with Gasteiger partial charge in [-0.1, -0.05) is 59.1 Å². The van der Waals surface area contributed by atoms with Gasteiger partial charge in [0.2, 0.25) is 0 Å². The summed E-state index contributed by atoms with van der Waals surface area (Å²) in [5.74, 6) is 1.20. The van der Waals surface area contributed by atoms with E-state index in [4.69, 9.17) is 0 Å². The molecule has 0 amide bonds. The van der Waals surface area contributed by atoms with Crippen molar-refractivity contribution in [1.82, 2.24) is 0 Å². The second-order valence-corrected chi connectivity index (χ2v) is 6.64. The van der Waals surface area contributed by atoms with E-state index in [1.807, 2.05) is 0 Å². The van der Waals surface area contributed by atoms with Gasteiger partial charge in [-0.2, -0.15) is 0 Å². The average Bonchev–Trinajstić information content (AvgIpc) is 2.39. The molecule has 1 saturated carbocycles. The van der Waals surface area contributed by atoms with Crippen LogP contribution in [-0.2, 0) is 0 Å². The smallest absolute Gasteiger partial charge is 0.0377 e.